The fourth-order valence-electron chi connectivity index (χ4n) is 3.49. The van der Waals surface area contributed by atoms with Gasteiger partial charge < -0.3 is 4.74 Å². The average molecular weight is 368 g/mol. The molecule has 4 rings (SSSR count). The molecular weight excluding hydrogens is 348 g/mol. The highest BCUT2D eigenvalue weighted by molar-refractivity contribution is 7.93. The summed E-state index contributed by atoms with van der Waals surface area (Å²) < 4.78 is 33.7. The van der Waals surface area contributed by atoms with E-state index in [-0.39, 0.29) is 4.90 Å². The van der Waals surface area contributed by atoms with E-state index >= 15 is 0 Å². The molecule has 0 saturated heterocycles. The Labute approximate surface area is 153 Å². The largest absolute Gasteiger partial charge is 0.497 e. The van der Waals surface area contributed by atoms with Crippen molar-refractivity contribution in [2.24, 2.45) is 0 Å². The van der Waals surface area contributed by atoms with Crippen LogP contribution in [0.25, 0.3) is 10.9 Å². The number of fused-ring (bicyclic) bond motifs is 2. The molecule has 0 atom stereocenters. The second-order valence-electron chi connectivity index (χ2n) is 6.52. The van der Waals surface area contributed by atoms with Crippen LogP contribution in [0, 0.1) is 6.92 Å². The summed E-state index contributed by atoms with van der Waals surface area (Å²) in [5.41, 5.74) is 3.23. The number of rotatable bonds is 3. The first-order chi connectivity index (χ1) is 12.5. The van der Waals surface area contributed by atoms with Crippen LogP contribution < -0.4 is 9.04 Å². The Hall–Kier alpha value is -2.60. The standard InChI is InChI=1S/C20H20N2O3S/c1-14-11-16-5-3-7-19(20(16)21-13-14)26(23,24)22-10-4-6-15-12-17(25-2)8-9-18(15)22/h3,5,7-9,11-13H,4,6,10H2,1-2H3. The van der Waals surface area contributed by atoms with Crippen LogP contribution in [0.3, 0.4) is 0 Å². The normalized spacial score (nSPS) is 14.3. The van der Waals surface area contributed by atoms with E-state index in [0.717, 1.165) is 40.8 Å². The summed E-state index contributed by atoms with van der Waals surface area (Å²) in [5, 5.41) is 0.832. The smallest absolute Gasteiger partial charge is 0.266 e. The average Bonchev–Trinajstić information content (AvgIpc) is 2.66. The number of aromatic nitrogens is 1. The van der Waals surface area contributed by atoms with Crippen molar-refractivity contribution in [1.29, 1.82) is 0 Å². The topological polar surface area (TPSA) is 59.5 Å². The van der Waals surface area contributed by atoms with Crippen molar-refractivity contribution in [2.75, 3.05) is 18.0 Å². The van der Waals surface area contributed by atoms with Crippen LogP contribution in [0.1, 0.15) is 17.5 Å². The van der Waals surface area contributed by atoms with Gasteiger partial charge in [-0.3, -0.25) is 9.29 Å². The highest BCUT2D eigenvalue weighted by Crippen LogP contribution is 2.35. The number of nitrogens with zero attached hydrogens (tertiary/aromatic N) is 2. The molecule has 2 aromatic carbocycles. The molecule has 0 bridgehead atoms. The molecule has 5 nitrogen and oxygen atoms in total. The summed E-state index contributed by atoms with van der Waals surface area (Å²) in [6, 6.07) is 12.8. The minimum absolute atomic E-state index is 0.249. The molecule has 1 aliphatic rings. The molecular formula is C20H20N2O3S. The number of ether oxygens (including phenoxy) is 1. The van der Waals surface area contributed by atoms with Gasteiger partial charge in [0.2, 0.25) is 0 Å². The number of pyridine rings is 1. The maximum atomic E-state index is 13.5. The van der Waals surface area contributed by atoms with Crippen LogP contribution in [0.5, 0.6) is 5.75 Å². The first kappa shape index (κ1) is 16.8. The summed E-state index contributed by atoms with van der Waals surface area (Å²) in [6.07, 6.45) is 3.32. The SMILES string of the molecule is COc1ccc2c(c1)CCCN2S(=O)(=O)c1cccc2cc(C)cnc12. The van der Waals surface area contributed by atoms with Crippen LogP contribution in [-0.2, 0) is 16.4 Å². The molecule has 2 heterocycles. The number of hydrogen-bond acceptors (Lipinski definition) is 4. The lowest BCUT2D eigenvalue weighted by Crippen LogP contribution is -2.35. The van der Waals surface area contributed by atoms with Crippen LogP contribution in [0.15, 0.2) is 53.6 Å². The van der Waals surface area contributed by atoms with Crippen molar-refractivity contribution in [3.63, 3.8) is 0 Å². The molecule has 0 saturated carbocycles. The second-order valence-corrected chi connectivity index (χ2v) is 8.35. The molecule has 26 heavy (non-hydrogen) atoms. The lowest BCUT2D eigenvalue weighted by atomic mass is 10.0. The lowest BCUT2D eigenvalue weighted by Gasteiger charge is -2.31. The highest BCUT2D eigenvalue weighted by atomic mass is 32.2. The zero-order valence-electron chi connectivity index (χ0n) is 14.8. The third-order valence-electron chi connectivity index (χ3n) is 4.74. The lowest BCUT2D eigenvalue weighted by molar-refractivity contribution is 0.414. The molecule has 0 radical (unpaired) electrons. The van der Waals surface area contributed by atoms with Crippen molar-refractivity contribution in [3.05, 3.63) is 59.8 Å². The van der Waals surface area contributed by atoms with Crippen LogP contribution in [-0.4, -0.2) is 27.1 Å². The molecule has 6 heteroatoms. The number of para-hydroxylation sites is 1. The van der Waals surface area contributed by atoms with Gasteiger partial charge in [-0.2, -0.15) is 0 Å². The number of aryl methyl sites for hydroxylation is 2. The van der Waals surface area contributed by atoms with Gasteiger partial charge in [-0.05, 0) is 61.2 Å². The minimum atomic E-state index is -3.70. The number of hydrogen-bond donors (Lipinski definition) is 0. The molecule has 134 valence electrons. The Morgan fingerprint density at radius 1 is 1.15 bits per heavy atom. The van der Waals surface area contributed by atoms with Crippen LogP contribution >= 0.6 is 0 Å². The van der Waals surface area contributed by atoms with Gasteiger partial charge in [0.25, 0.3) is 10.0 Å². The third kappa shape index (κ3) is 2.70. The van der Waals surface area contributed by atoms with E-state index in [4.69, 9.17) is 4.74 Å². The Morgan fingerprint density at radius 2 is 2.00 bits per heavy atom. The van der Waals surface area contributed by atoms with Gasteiger partial charge in [-0.25, -0.2) is 8.42 Å². The van der Waals surface area contributed by atoms with Gasteiger partial charge >= 0.3 is 0 Å². The number of methoxy groups -OCH3 is 1. The first-order valence-corrected chi connectivity index (χ1v) is 10.00. The van der Waals surface area contributed by atoms with E-state index < -0.39 is 10.0 Å². The van der Waals surface area contributed by atoms with Gasteiger partial charge in [0.05, 0.1) is 18.3 Å². The van der Waals surface area contributed by atoms with E-state index in [2.05, 4.69) is 4.98 Å². The molecule has 3 aromatic rings. The van der Waals surface area contributed by atoms with E-state index in [0.29, 0.717) is 12.1 Å². The van der Waals surface area contributed by atoms with Crippen molar-refractivity contribution >= 4 is 26.6 Å². The molecule has 1 aliphatic heterocycles. The summed E-state index contributed by atoms with van der Waals surface area (Å²) in [5.74, 6) is 0.741. The maximum Gasteiger partial charge on any atom is 0.266 e. The van der Waals surface area contributed by atoms with E-state index in [1.165, 1.54) is 4.31 Å². The molecule has 0 fully saturated rings. The van der Waals surface area contributed by atoms with Crippen LogP contribution in [0.4, 0.5) is 5.69 Å². The Morgan fingerprint density at radius 3 is 2.81 bits per heavy atom. The number of anilines is 1. The zero-order valence-corrected chi connectivity index (χ0v) is 15.6. The van der Waals surface area contributed by atoms with Crippen molar-refractivity contribution < 1.29 is 13.2 Å². The van der Waals surface area contributed by atoms with E-state index in [1.807, 2.05) is 31.2 Å². The number of sulfonamides is 1. The fraction of sp³-hybridized carbons (Fsp3) is 0.250. The Bertz CT molecular complexity index is 1090. The van der Waals surface area contributed by atoms with Crippen molar-refractivity contribution in [1.82, 2.24) is 4.98 Å². The second kappa shape index (κ2) is 6.29. The monoisotopic (exact) mass is 368 g/mol. The predicted octanol–water partition coefficient (Wildman–Crippen LogP) is 3.69. The Balaban J connectivity index is 1.87. The van der Waals surface area contributed by atoms with Crippen molar-refractivity contribution in [3.8, 4) is 5.75 Å². The summed E-state index contributed by atoms with van der Waals surface area (Å²) >= 11 is 0. The Kier molecular flexibility index (Phi) is 4.07. The fourth-order valence-corrected chi connectivity index (χ4v) is 5.19. The molecule has 0 spiro atoms. The van der Waals surface area contributed by atoms with Crippen LogP contribution in [0.2, 0.25) is 0 Å². The summed E-state index contributed by atoms with van der Waals surface area (Å²) in [4.78, 5) is 4.65. The summed E-state index contributed by atoms with van der Waals surface area (Å²) in [7, 11) is -2.09. The van der Waals surface area contributed by atoms with Crippen molar-refractivity contribution in [2.45, 2.75) is 24.7 Å². The first-order valence-electron chi connectivity index (χ1n) is 8.56. The summed E-state index contributed by atoms with van der Waals surface area (Å²) in [6.45, 7) is 2.41. The quantitative estimate of drug-likeness (QED) is 0.707. The van der Waals surface area contributed by atoms with E-state index in [9.17, 15) is 8.42 Å². The zero-order chi connectivity index (χ0) is 18.3. The molecule has 0 aliphatic carbocycles. The third-order valence-corrected chi connectivity index (χ3v) is 6.59. The van der Waals surface area contributed by atoms with Gasteiger partial charge in [0.1, 0.15) is 10.6 Å². The highest BCUT2D eigenvalue weighted by Gasteiger charge is 2.31. The molecule has 0 N–H and O–H groups in total. The molecule has 0 amide bonds. The predicted molar refractivity (Wildman–Crippen MR) is 102 cm³/mol. The number of benzene rings is 2. The van der Waals surface area contributed by atoms with E-state index in [1.54, 1.807) is 31.5 Å². The maximum absolute atomic E-state index is 13.5. The minimum Gasteiger partial charge on any atom is -0.497 e. The van der Waals surface area contributed by atoms with Gasteiger partial charge in [-0.1, -0.05) is 12.1 Å². The van der Waals surface area contributed by atoms with Gasteiger partial charge in [0.15, 0.2) is 0 Å². The molecule has 1 aromatic heterocycles. The van der Waals surface area contributed by atoms with Gasteiger partial charge in [0, 0.05) is 18.1 Å². The molecule has 0 unspecified atom stereocenters. The van der Waals surface area contributed by atoms with Gasteiger partial charge in [-0.15, -0.1) is 0 Å².